The van der Waals surface area contributed by atoms with Gasteiger partial charge in [-0.1, -0.05) is 39.5 Å². The van der Waals surface area contributed by atoms with Crippen LogP contribution in [0.15, 0.2) is 0 Å². The average Bonchev–Trinajstić information content (AvgIpc) is 2.27. The van der Waals surface area contributed by atoms with Crippen LogP contribution < -0.4 is 0 Å². The number of aliphatic hydroxyl groups is 1. The van der Waals surface area contributed by atoms with E-state index in [1.165, 1.54) is 32.6 Å². The summed E-state index contributed by atoms with van der Waals surface area (Å²) < 4.78 is 5.07. The molecule has 0 aromatic rings. The van der Waals surface area contributed by atoms with Crippen molar-refractivity contribution in [3.05, 3.63) is 0 Å². The Bertz CT molecular complexity index is 170. The molecule has 0 rings (SSSR count). The highest BCUT2D eigenvalue weighted by molar-refractivity contribution is 5.73. The van der Waals surface area contributed by atoms with Gasteiger partial charge in [-0.2, -0.15) is 0 Å². The van der Waals surface area contributed by atoms with Crippen molar-refractivity contribution in [1.82, 2.24) is 0 Å². The Morgan fingerprint density at radius 1 is 1.19 bits per heavy atom. The number of unbranched alkanes of at least 4 members (excludes halogenated alkanes) is 2. The summed E-state index contributed by atoms with van der Waals surface area (Å²) in [5, 5.41) is 9.01. The van der Waals surface area contributed by atoms with Crippen LogP contribution in [0.3, 0.4) is 0 Å². The van der Waals surface area contributed by atoms with Crippen LogP contribution in [0.2, 0.25) is 0 Å². The Kier molecular flexibility index (Phi) is 9.30. The largest absolute Gasteiger partial charge is 0.463 e. The number of carbonyl (C=O) groups excluding carboxylic acids is 1. The molecule has 3 nitrogen and oxygen atoms in total. The van der Waals surface area contributed by atoms with Crippen LogP contribution in [-0.4, -0.2) is 23.8 Å². The second kappa shape index (κ2) is 9.64. The van der Waals surface area contributed by atoms with Gasteiger partial charge in [-0.15, -0.1) is 0 Å². The molecule has 1 unspecified atom stereocenters. The first-order chi connectivity index (χ1) is 7.61. The quantitative estimate of drug-likeness (QED) is 0.619. The van der Waals surface area contributed by atoms with Crippen molar-refractivity contribution in [2.24, 2.45) is 5.92 Å². The Hall–Kier alpha value is -0.570. The van der Waals surface area contributed by atoms with Gasteiger partial charge in [-0.25, -0.2) is 4.79 Å². The van der Waals surface area contributed by atoms with E-state index in [1.807, 2.05) is 0 Å². The van der Waals surface area contributed by atoms with E-state index in [4.69, 9.17) is 9.84 Å². The number of hydrogen-bond donors (Lipinski definition) is 1. The van der Waals surface area contributed by atoms with Crippen molar-refractivity contribution in [2.75, 3.05) is 6.61 Å². The van der Waals surface area contributed by atoms with Crippen molar-refractivity contribution < 1.29 is 14.6 Å². The molecule has 1 atom stereocenters. The van der Waals surface area contributed by atoms with Crippen molar-refractivity contribution in [2.45, 2.75) is 65.4 Å². The lowest BCUT2D eigenvalue weighted by atomic mass is 9.97. The third-order valence-corrected chi connectivity index (χ3v) is 2.73. The molecule has 3 heteroatoms. The van der Waals surface area contributed by atoms with E-state index >= 15 is 0 Å². The van der Waals surface area contributed by atoms with Crippen LogP contribution in [0.4, 0.5) is 0 Å². The SMILES string of the molecule is CCCCC(CCCC)COC(=O)C(C)O. The molecule has 0 spiro atoms. The zero-order valence-electron chi connectivity index (χ0n) is 10.9. The Balaban J connectivity index is 3.85. The van der Waals surface area contributed by atoms with Gasteiger partial charge in [0.1, 0.15) is 6.10 Å². The highest BCUT2D eigenvalue weighted by Gasteiger charge is 2.14. The molecular weight excluding hydrogens is 204 g/mol. The summed E-state index contributed by atoms with van der Waals surface area (Å²) in [5.74, 6) is -0.0411. The van der Waals surface area contributed by atoms with Crippen LogP contribution in [0.25, 0.3) is 0 Å². The highest BCUT2D eigenvalue weighted by atomic mass is 16.5. The number of hydrogen-bond acceptors (Lipinski definition) is 3. The van der Waals surface area contributed by atoms with E-state index < -0.39 is 12.1 Å². The minimum atomic E-state index is -1.00. The molecule has 0 radical (unpaired) electrons. The van der Waals surface area contributed by atoms with Gasteiger partial charge in [0.25, 0.3) is 0 Å². The van der Waals surface area contributed by atoms with Crippen LogP contribution in [0.5, 0.6) is 0 Å². The molecule has 16 heavy (non-hydrogen) atoms. The third kappa shape index (κ3) is 7.69. The molecule has 96 valence electrons. The maximum atomic E-state index is 11.1. The summed E-state index contributed by atoms with van der Waals surface area (Å²) in [7, 11) is 0. The summed E-state index contributed by atoms with van der Waals surface area (Å²) >= 11 is 0. The van der Waals surface area contributed by atoms with Gasteiger partial charge in [0, 0.05) is 0 Å². The van der Waals surface area contributed by atoms with Crippen LogP contribution in [0.1, 0.15) is 59.3 Å². The molecule has 0 aliphatic heterocycles. The molecule has 0 saturated heterocycles. The van der Waals surface area contributed by atoms with Crippen LogP contribution >= 0.6 is 0 Å². The molecular formula is C13H26O3. The van der Waals surface area contributed by atoms with Crippen molar-refractivity contribution >= 4 is 5.97 Å². The van der Waals surface area contributed by atoms with Crippen molar-refractivity contribution in [3.8, 4) is 0 Å². The first-order valence-electron chi connectivity index (χ1n) is 6.46. The molecule has 0 heterocycles. The minimum Gasteiger partial charge on any atom is -0.463 e. The molecule has 1 N–H and O–H groups in total. The van der Waals surface area contributed by atoms with Gasteiger partial charge in [-0.05, 0) is 25.7 Å². The fraction of sp³-hybridized carbons (Fsp3) is 0.923. The van der Waals surface area contributed by atoms with Crippen molar-refractivity contribution in [1.29, 1.82) is 0 Å². The van der Waals surface area contributed by atoms with Gasteiger partial charge in [-0.3, -0.25) is 0 Å². The van der Waals surface area contributed by atoms with E-state index in [0.29, 0.717) is 12.5 Å². The van der Waals surface area contributed by atoms with Crippen LogP contribution in [0, 0.1) is 5.92 Å². The first kappa shape index (κ1) is 15.4. The maximum Gasteiger partial charge on any atom is 0.334 e. The molecule has 0 saturated carbocycles. The molecule has 0 aliphatic carbocycles. The van der Waals surface area contributed by atoms with Crippen LogP contribution in [-0.2, 0) is 9.53 Å². The summed E-state index contributed by atoms with van der Waals surface area (Å²) in [4.78, 5) is 11.1. The van der Waals surface area contributed by atoms with Gasteiger partial charge >= 0.3 is 5.97 Å². The Labute approximate surface area is 99.2 Å². The number of esters is 1. The van der Waals surface area contributed by atoms with E-state index in [-0.39, 0.29) is 0 Å². The fourth-order valence-corrected chi connectivity index (χ4v) is 1.62. The number of ether oxygens (including phenoxy) is 1. The van der Waals surface area contributed by atoms with E-state index in [0.717, 1.165) is 12.8 Å². The Morgan fingerprint density at radius 3 is 2.06 bits per heavy atom. The predicted octanol–water partition coefficient (Wildman–Crippen LogP) is 2.91. The Morgan fingerprint density at radius 2 is 1.69 bits per heavy atom. The summed E-state index contributed by atoms with van der Waals surface area (Å²) in [5.41, 5.74) is 0. The zero-order chi connectivity index (χ0) is 12.4. The molecule has 0 fully saturated rings. The first-order valence-corrected chi connectivity index (χ1v) is 6.46. The lowest BCUT2D eigenvalue weighted by Gasteiger charge is -2.16. The minimum absolute atomic E-state index is 0.461. The third-order valence-electron chi connectivity index (χ3n) is 2.73. The fourth-order valence-electron chi connectivity index (χ4n) is 1.62. The topological polar surface area (TPSA) is 46.5 Å². The van der Waals surface area contributed by atoms with Gasteiger partial charge in [0.05, 0.1) is 6.61 Å². The zero-order valence-corrected chi connectivity index (χ0v) is 10.9. The molecule has 0 aliphatic rings. The summed E-state index contributed by atoms with van der Waals surface area (Å²) in [6.07, 6.45) is 5.94. The number of rotatable bonds is 9. The second-order valence-corrected chi connectivity index (χ2v) is 4.46. The maximum absolute atomic E-state index is 11.1. The second-order valence-electron chi connectivity index (χ2n) is 4.46. The van der Waals surface area contributed by atoms with Gasteiger partial charge < -0.3 is 9.84 Å². The molecule has 0 bridgehead atoms. The van der Waals surface area contributed by atoms with Gasteiger partial charge in [0.15, 0.2) is 0 Å². The molecule has 0 aromatic heterocycles. The van der Waals surface area contributed by atoms with E-state index in [1.54, 1.807) is 0 Å². The lowest BCUT2D eigenvalue weighted by molar-refractivity contribution is -0.154. The lowest BCUT2D eigenvalue weighted by Crippen LogP contribution is -2.22. The monoisotopic (exact) mass is 230 g/mol. The summed E-state index contributed by atoms with van der Waals surface area (Å²) in [6, 6.07) is 0. The number of carbonyl (C=O) groups is 1. The van der Waals surface area contributed by atoms with E-state index in [2.05, 4.69) is 13.8 Å². The summed E-state index contributed by atoms with van der Waals surface area (Å²) in [6.45, 7) is 6.23. The molecule has 0 amide bonds. The number of aliphatic hydroxyl groups excluding tert-OH is 1. The average molecular weight is 230 g/mol. The van der Waals surface area contributed by atoms with Crippen molar-refractivity contribution in [3.63, 3.8) is 0 Å². The van der Waals surface area contributed by atoms with Gasteiger partial charge in [0.2, 0.25) is 0 Å². The predicted molar refractivity (Wildman–Crippen MR) is 65.2 cm³/mol. The van der Waals surface area contributed by atoms with E-state index in [9.17, 15) is 4.79 Å². The molecule has 0 aromatic carbocycles. The highest BCUT2D eigenvalue weighted by Crippen LogP contribution is 2.16. The normalized spacial score (nSPS) is 12.8. The smallest absolute Gasteiger partial charge is 0.334 e. The standard InChI is InChI=1S/C13H26O3/c1-4-6-8-12(9-7-5-2)10-16-13(15)11(3)14/h11-12,14H,4-10H2,1-3H3.